The lowest BCUT2D eigenvalue weighted by atomic mass is 9.90. The van der Waals surface area contributed by atoms with Crippen molar-refractivity contribution in [2.45, 2.75) is 32.1 Å². The minimum Gasteiger partial charge on any atom is -0.342 e. The molecule has 4 rings (SSSR count). The first-order valence-corrected chi connectivity index (χ1v) is 10.4. The summed E-state index contributed by atoms with van der Waals surface area (Å²) in [6.07, 6.45) is 5.65. The molecule has 0 unspecified atom stereocenters. The van der Waals surface area contributed by atoms with Crippen molar-refractivity contribution < 1.29 is 9.18 Å². The van der Waals surface area contributed by atoms with E-state index in [4.69, 9.17) is 5.26 Å². The van der Waals surface area contributed by atoms with E-state index in [9.17, 15) is 9.18 Å². The summed E-state index contributed by atoms with van der Waals surface area (Å²) in [4.78, 5) is 14.6. The van der Waals surface area contributed by atoms with Crippen LogP contribution in [0.25, 0.3) is 5.69 Å². The quantitative estimate of drug-likeness (QED) is 0.614. The lowest BCUT2D eigenvalue weighted by Crippen LogP contribution is -2.39. The Balaban J connectivity index is 1.24. The Hall–Kier alpha value is -3.60. The number of piperidine rings is 1. The molecule has 8 heteroatoms. The van der Waals surface area contributed by atoms with E-state index in [2.05, 4.69) is 15.5 Å². The van der Waals surface area contributed by atoms with Crippen LogP contribution in [0.15, 0.2) is 48.8 Å². The molecule has 1 aromatic heterocycles. The van der Waals surface area contributed by atoms with Crippen LogP contribution in [0.2, 0.25) is 0 Å². The Morgan fingerprint density at radius 1 is 1.13 bits per heavy atom. The standard InChI is InChI=1S/C23H23FN6O/c24-22-8-5-18(13-20(22)15-25)2-1-17-9-11-29(12-10-17)23(31)14-19-3-6-21(7-4-19)30-16-26-27-28-30/h3-8,13,16-17H,1-2,9-12,14H2. The van der Waals surface area contributed by atoms with E-state index in [0.717, 1.165) is 55.6 Å². The first-order chi connectivity index (χ1) is 15.1. The van der Waals surface area contributed by atoms with Gasteiger partial charge in [-0.15, -0.1) is 5.10 Å². The molecule has 0 aliphatic carbocycles. The van der Waals surface area contributed by atoms with E-state index >= 15 is 0 Å². The monoisotopic (exact) mass is 418 g/mol. The summed E-state index contributed by atoms with van der Waals surface area (Å²) in [6, 6.07) is 14.3. The van der Waals surface area contributed by atoms with E-state index in [0.29, 0.717) is 12.3 Å². The van der Waals surface area contributed by atoms with Crippen molar-refractivity contribution in [3.63, 3.8) is 0 Å². The van der Waals surface area contributed by atoms with Crippen molar-refractivity contribution in [3.05, 3.63) is 71.3 Å². The third kappa shape index (κ3) is 5.12. The van der Waals surface area contributed by atoms with Crippen molar-refractivity contribution >= 4 is 5.91 Å². The molecule has 158 valence electrons. The number of aromatic nitrogens is 4. The van der Waals surface area contributed by atoms with Gasteiger partial charge < -0.3 is 4.90 Å². The fourth-order valence-electron chi connectivity index (χ4n) is 3.99. The molecule has 1 aliphatic heterocycles. The summed E-state index contributed by atoms with van der Waals surface area (Å²) < 4.78 is 15.0. The molecule has 1 aliphatic rings. The van der Waals surface area contributed by atoms with E-state index in [1.165, 1.54) is 12.4 Å². The third-order valence-electron chi connectivity index (χ3n) is 5.86. The number of rotatable bonds is 6. The molecule has 0 saturated carbocycles. The predicted octanol–water partition coefficient (Wildman–Crippen LogP) is 3.09. The second-order valence-corrected chi connectivity index (χ2v) is 7.89. The molecule has 1 fully saturated rings. The molecule has 1 amide bonds. The van der Waals surface area contributed by atoms with E-state index < -0.39 is 5.82 Å². The average molecular weight is 418 g/mol. The smallest absolute Gasteiger partial charge is 0.226 e. The van der Waals surface area contributed by atoms with E-state index in [1.807, 2.05) is 35.2 Å². The molecular formula is C23H23FN6O. The average Bonchev–Trinajstić information content (AvgIpc) is 3.34. The van der Waals surface area contributed by atoms with Gasteiger partial charge in [0.05, 0.1) is 17.7 Å². The molecule has 3 aromatic rings. The Morgan fingerprint density at radius 3 is 2.55 bits per heavy atom. The minimum atomic E-state index is -0.469. The van der Waals surface area contributed by atoms with E-state index in [1.54, 1.807) is 16.8 Å². The summed E-state index contributed by atoms with van der Waals surface area (Å²) in [6.45, 7) is 1.53. The topological polar surface area (TPSA) is 87.7 Å². The van der Waals surface area contributed by atoms with Crippen LogP contribution < -0.4 is 0 Å². The summed E-state index contributed by atoms with van der Waals surface area (Å²) >= 11 is 0. The summed E-state index contributed by atoms with van der Waals surface area (Å²) in [5.41, 5.74) is 2.91. The maximum Gasteiger partial charge on any atom is 0.226 e. The number of aryl methyl sites for hydroxylation is 1. The number of carbonyl (C=O) groups excluding carboxylic acids is 1. The van der Waals surface area contributed by atoms with Crippen LogP contribution in [0.1, 0.15) is 36.0 Å². The number of likely N-dealkylation sites (tertiary alicyclic amines) is 1. The highest BCUT2D eigenvalue weighted by molar-refractivity contribution is 5.78. The maximum absolute atomic E-state index is 13.5. The molecule has 0 atom stereocenters. The van der Waals surface area contributed by atoms with Gasteiger partial charge in [0.15, 0.2) is 0 Å². The number of carbonyl (C=O) groups is 1. The number of hydrogen-bond acceptors (Lipinski definition) is 5. The molecule has 2 aromatic carbocycles. The normalized spacial score (nSPS) is 14.4. The van der Waals surface area contributed by atoms with Crippen LogP contribution >= 0.6 is 0 Å². The van der Waals surface area contributed by atoms with Crippen molar-refractivity contribution in [1.82, 2.24) is 25.1 Å². The van der Waals surface area contributed by atoms with Gasteiger partial charge in [-0.3, -0.25) is 4.79 Å². The van der Waals surface area contributed by atoms with Crippen molar-refractivity contribution in [3.8, 4) is 11.8 Å². The van der Waals surface area contributed by atoms with Crippen LogP contribution in [-0.4, -0.2) is 44.1 Å². The van der Waals surface area contributed by atoms with Crippen LogP contribution in [-0.2, 0) is 17.6 Å². The van der Waals surface area contributed by atoms with Crippen molar-refractivity contribution in [2.24, 2.45) is 5.92 Å². The summed E-state index contributed by atoms with van der Waals surface area (Å²) in [7, 11) is 0. The fraction of sp³-hybridized carbons (Fsp3) is 0.348. The molecule has 31 heavy (non-hydrogen) atoms. The third-order valence-corrected chi connectivity index (χ3v) is 5.86. The fourth-order valence-corrected chi connectivity index (χ4v) is 3.99. The Bertz CT molecular complexity index is 1070. The van der Waals surface area contributed by atoms with Gasteiger partial charge in [-0.1, -0.05) is 18.2 Å². The van der Waals surface area contributed by atoms with Crippen LogP contribution in [0.4, 0.5) is 4.39 Å². The number of nitriles is 1. The molecule has 0 spiro atoms. The van der Waals surface area contributed by atoms with Gasteiger partial charge in [-0.05, 0) is 77.4 Å². The lowest BCUT2D eigenvalue weighted by Gasteiger charge is -2.32. The van der Waals surface area contributed by atoms with E-state index in [-0.39, 0.29) is 11.5 Å². The highest BCUT2D eigenvalue weighted by Gasteiger charge is 2.22. The van der Waals surface area contributed by atoms with Gasteiger partial charge in [0.2, 0.25) is 5.91 Å². The maximum atomic E-state index is 13.5. The van der Waals surface area contributed by atoms with Gasteiger partial charge in [0, 0.05) is 13.1 Å². The minimum absolute atomic E-state index is 0.101. The SMILES string of the molecule is N#Cc1cc(CCC2CCN(C(=O)Cc3ccc(-n4cnnn4)cc3)CC2)ccc1F. The number of tetrazole rings is 1. The number of hydrogen-bond donors (Lipinski definition) is 0. The largest absolute Gasteiger partial charge is 0.342 e. The van der Waals surface area contributed by atoms with Crippen LogP contribution in [0.5, 0.6) is 0 Å². The molecule has 0 N–H and O–H groups in total. The van der Waals surface area contributed by atoms with Crippen LogP contribution in [0, 0.1) is 23.1 Å². The number of amides is 1. The first-order valence-electron chi connectivity index (χ1n) is 10.4. The molecule has 2 heterocycles. The van der Waals surface area contributed by atoms with Gasteiger partial charge in [0.1, 0.15) is 18.2 Å². The predicted molar refractivity (Wildman–Crippen MR) is 112 cm³/mol. The Labute approximate surface area is 180 Å². The highest BCUT2D eigenvalue weighted by Crippen LogP contribution is 2.24. The Morgan fingerprint density at radius 2 is 1.87 bits per heavy atom. The highest BCUT2D eigenvalue weighted by atomic mass is 19.1. The van der Waals surface area contributed by atoms with Gasteiger partial charge in [-0.25, -0.2) is 9.07 Å². The summed E-state index contributed by atoms with van der Waals surface area (Å²) in [5, 5.41) is 20.1. The zero-order valence-electron chi connectivity index (χ0n) is 17.1. The molecule has 0 radical (unpaired) electrons. The number of halogens is 1. The molecule has 1 saturated heterocycles. The zero-order valence-corrected chi connectivity index (χ0v) is 17.1. The summed E-state index contributed by atoms with van der Waals surface area (Å²) in [5.74, 6) is 0.212. The van der Waals surface area contributed by atoms with Gasteiger partial charge in [-0.2, -0.15) is 5.26 Å². The molecular weight excluding hydrogens is 395 g/mol. The molecule has 0 bridgehead atoms. The van der Waals surface area contributed by atoms with Crippen molar-refractivity contribution in [1.29, 1.82) is 5.26 Å². The van der Waals surface area contributed by atoms with Gasteiger partial charge in [0.25, 0.3) is 0 Å². The van der Waals surface area contributed by atoms with Gasteiger partial charge >= 0.3 is 0 Å². The second-order valence-electron chi connectivity index (χ2n) is 7.89. The lowest BCUT2D eigenvalue weighted by molar-refractivity contribution is -0.131. The zero-order chi connectivity index (χ0) is 21.6. The first kappa shape index (κ1) is 20.7. The second kappa shape index (κ2) is 9.47. The van der Waals surface area contributed by atoms with Crippen molar-refractivity contribution in [2.75, 3.05) is 13.1 Å². The Kier molecular flexibility index (Phi) is 6.32. The van der Waals surface area contributed by atoms with Crippen LogP contribution in [0.3, 0.4) is 0 Å². The number of nitrogens with zero attached hydrogens (tertiary/aromatic N) is 6. The molecule has 7 nitrogen and oxygen atoms in total. The number of benzene rings is 2.